The molecule has 0 bridgehead atoms. The summed E-state index contributed by atoms with van der Waals surface area (Å²) >= 11 is 0. The highest BCUT2D eigenvalue weighted by atomic mass is 31.2. The van der Waals surface area contributed by atoms with Crippen molar-refractivity contribution in [3.63, 3.8) is 0 Å². The molecule has 0 aliphatic rings. The lowest BCUT2D eigenvalue weighted by atomic mass is 9.99. The molecular formula is C26H27O3P. The lowest BCUT2D eigenvalue weighted by Crippen LogP contribution is -2.23. The Hall–Kier alpha value is -2.77. The lowest BCUT2D eigenvalue weighted by Gasteiger charge is -2.21. The van der Waals surface area contributed by atoms with Gasteiger partial charge in [0.25, 0.3) is 0 Å². The number of aryl methyl sites for hydroxylation is 4. The van der Waals surface area contributed by atoms with Crippen molar-refractivity contribution in [3.05, 3.63) is 99.1 Å². The van der Waals surface area contributed by atoms with Crippen molar-refractivity contribution in [1.82, 2.24) is 0 Å². The Bertz CT molecular complexity index is 1130. The van der Waals surface area contributed by atoms with Crippen LogP contribution < -0.4 is 5.30 Å². The van der Waals surface area contributed by atoms with Crippen molar-refractivity contribution in [2.45, 2.75) is 41.5 Å². The number of carbonyl (C=O) groups is 2. The Morgan fingerprint density at radius 2 is 0.933 bits per heavy atom. The topological polar surface area (TPSA) is 51.2 Å². The molecule has 0 heterocycles. The minimum absolute atomic E-state index is 0.278. The molecule has 0 aliphatic carbocycles. The minimum atomic E-state index is -4.12. The van der Waals surface area contributed by atoms with Gasteiger partial charge < -0.3 is 4.57 Å². The fraction of sp³-hybridized carbons (Fsp3) is 0.231. The van der Waals surface area contributed by atoms with Crippen molar-refractivity contribution in [2.24, 2.45) is 0 Å². The van der Waals surface area contributed by atoms with Crippen LogP contribution in [0.2, 0.25) is 0 Å². The van der Waals surface area contributed by atoms with Gasteiger partial charge in [0.1, 0.15) is 0 Å². The van der Waals surface area contributed by atoms with E-state index in [9.17, 15) is 14.2 Å². The lowest BCUT2D eigenvalue weighted by molar-refractivity contribution is 0.104. The van der Waals surface area contributed by atoms with E-state index in [0.717, 1.165) is 33.4 Å². The second-order valence-corrected chi connectivity index (χ2v) is 10.5. The Morgan fingerprint density at radius 1 is 0.567 bits per heavy atom. The van der Waals surface area contributed by atoms with Crippen LogP contribution in [0.3, 0.4) is 0 Å². The number of hydrogen-bond acceptors (Lipinski definition) is 3. The average molecular weight is 418 g/mol. The summed E-state index contributed by atoms with van der Waals surface area (Å²) < 4.78 is 14.5. The van der Waals surface area contributed by atoms with E-state index in [1.807, 2.05) is 65.8 Å². The van der Waals surface area contributed by atoms with Crippen molar-refractivity contribution in [1.29, 1.82) is 0 Å². The van der Waals surface area contributed by atoms with Crippen LogP contribution in [0.5, 0.6) is 0 Å². The van der Waals surface area contributed by atoms with Gasteiger partial charge in [-0.25, -0.2) is 0 Å². The summed E-state index contributed by atoms with van der Waals surface area (Å²) in [6.07, 6.45) is 0. The highest BCUT2D eigenvalue weighted by Crippen LogP contribution is 2.52. The van der Waals surface area contributed by atoms with Crippen molar-refractivity contribution in [3.8, 4) is 0 Å². The predicted molar refractivity (Wildman–Crippen MR) is 124 cm³/mol. The molecule has 4 heteroatoms. The summed E-state index contributed by atoms with van der Waals surface area (Å²) in [4.78, 5) is 27.8. The maximum Gasteiger partial charge on any atom is 0.248 e. The van der Waals surface area contributed by atoms with E-state index < -0.39 is 18.2 Å². The summed E-state index contributed by atoms with van der Waals surface area (Å²) in [6, 6.07) is 16.0. The Balaban J connectivity index is 2.34. The molecule has 0 aliphatic heterocycles. The molecular weight excluding hydrogens is 391 g/mol. The molecule has 0 amide bonds. The molecule has 0 saturated heterocycles. The Morgan fingerprint density at radius 3 is 1.33 bits per heavy atom. The van der Waals surface area contributed by atoms with Crippen LogP contribution in [-0.2, 0) is 4.57 Å². The third kappa shape index (κ3) is 3.48. The third-order valence-corrected chi connectivity index (χ3v) is 8.62. The first-order valence-corrected chi connectivity index (χ1v) is 11.7. The summed E-state index contributed by atoms with van der Waals surface area (Å²) in [7, 11) is -4.12. The van der Waals surface area contributed by atoms with Gasteiger partial charge in [-0.3, -0.25) is 9.59 Å². The van der Waals surface area contributed by atoms with E-state index in [-0.39, 0.29) is 5.30 Å². The van der Waals surface area contributed by atoms with Gasteiger partial charge in [-0.15, -0.1) is 0 Å². The quantitative estimate of drug-likeness (QED) is 0.463. The van der Waals surface area contributed by atoms with E-state index >= 15 is 0 Å². The van der Waals surface area contributed by atoms with Crippen molar-refractivity contribution >= 4 is 23.5 Å². The second kappa shape index (κ2) is 8.16. The van der Waals surface area contributed by atoms with Crippen LogP contribution >= 0.6 is 7.14 Å². The number of carbonyl (C=O) groups excluding carboxylic acids is 2. The second-order valence-electron chi connectivity index (χ2n) is 7.95. The first-order valence-electron chi connectivity index (χ1n) is 9.99. The first kappa shape index (κ1) is 21.9. The Kier molecular flexibility index (Phi) is 5.97. The van der Waals surface area contributed by atoms with Crippen molar-refractivity contribution in [2.75, 3.05) is 0 Å². The number of hydrogen-bond donors (Lipinski definition) is 0. The van der Waals surface area contributed by atoms with E-state index in [0.29, 0.717) is 11.1 Å². The van der Waals surface area contributed by atoms with Crippen LogP contribution in [0.15, 0.2) is 54.6 Å². The zero-order valence-corrected chi connectivity index (χ0v) is 19.3. The van der Waals surface area contributed by atoms with E-state index in [1.165, 1.54) is 0 Å². The molecule has 0 fully saturated rings. The zero-order chi connectivity index (χ0) is 22.2. The van der Waals surface area contributed by atoms with E-state index in [1.54, 1.807) is 30.3 Å². The molecule has 0 radical (unpaired) electrons. The Labute approximate surface area is 178 Å². The smallest absolute Gasteiger partial charge is 0.248 e. The molecule has 0 atom stereocenters. The van der Waals surface area contributed by atoms with Gasteiger partial charge in [0, 0.05) is 16.4 Å². The number of rotatable bonds is 5. The van der Waals surface area contributed by atoms with Crippen molar-refractivity contribution < 1.29 is 14.2 Å². The monoisotopic (exact) mass is 418 g/mol. The molecule has 0 saturated carbocycles. The molecule has 3 aromatic carbocycles. The molecule has 0 unspecified atom stereocenters. The first-order chi connectivity index (χ1) is 14.1. The molecule has 3 aromatic rings. The zero-order valence-electron chi connectivity index (χ0n) is 18.4. The molecule has 0 spiro atoms. The van der Waals surface area contributed by atoms with Gasteiger partial charge in [0.2, 0.25) is 18.2 Å². The van der Waals surface area contributed by atoms with Crippen LogP contribution in [0.1, 0.15) is 54.1 Å². The van der Waals surface area contributed by atoms with Gasteiger partial charge in [0.15, 0.2) is 0 Å². The average Bonchev–Trinajstić information content (AvgIpc) is 2.73. The van der Waals surface area contributed by atoms with Crippen LogP contribution in [0.25, 0.3) is 0 Å². The maximum atomic E-state index is 14.5. The van der Waals surface area contributed by atoms with Crippen LogP contribution in [0.4, 0.5) is 0 Å². The highest BCUT2D eigenvalue weighted by Gasteiger charge is 2.44. The normalized spacial score (nSPS) is 11.4. The summed E-state index contributed by atoms with van der Waals surface area (Å²) in [5.41, 5.74) is 4.45. The fourth-order valence-electron chi connectivity index (χ4n) is 3.84. The molecule has 30 heavy (non-hydrogen) atoms. The van der Waals surface area contributed by atoms with Crippen LogP contribution in [0, 0.1) is 41.5 Å². The highest BCUT2D eigenvalue weighted by molar-refractivity contribution is 8.01. The van der Waals surface area contributed by atoms with E-state index in [4.69, 9.17) is 0 Å². The molecule has 0 aromatic heterocycles. The summed E-state index contributed by atoms with van der Waals surface area (Å²) in [5, 5.41) is 0.278. The molecule has 3 nitrogen and oxygen atoms in total. The number of benzene rings is 3. The third-order valence-electron chi connectivity index (χ3n) is 6.01. The predicted octanol–water partition coefficient (Wildman–Crippen LogP) is 6.21. The van der Waals surface area contributed by atoms with Gasteiger partial charge in [-0.1, -0.05) is 54.6 Å². The minimum Gasteiger partial charge on any atom is -0.302 e. The standard InChI is InChI=1S/C26H27O3P/c1-16-12-14-18(3)23(20(16)5)25(27)30(29,22-10-8-7-9-11-22)26(28)24-19(4)15-13-17(2)21(24)6/h7-15H,1-6H3. The molecule has 154 valence electrons. The summed E-state index contributed by atoms with van der Waals surface area (Å²) in [6.45, 7) is 11.2. The van der Waals surface area contributed by atoms with Crippen LogP contribution in [-0.4, -0.2) is 11.0 Å². The van der Waals surface area contributed by atoms with Gasteiger partial charge in [0.05, 0.1) is 0 Å². The molecule has 0 N–H and O–H groups in total. The fourth-order valence-corrected chi connectivity index (χ4v) is 6.40. The SMILES string of the molecule is Cc1ccc(C)c(C(=O)P(=O)(C(=O)c2c(C)ccc(C)c2C)c2ccccc2)c1C. The maximum absolute atomic E-state index is 14.5. The van der Waals surface area contributed by atoms with Gasteiger partial charge in [-0.2, -0.15) is 0 Å². The summed E-state index contributed by atoms with van der Waals surface area (Å²) in [5.74, 6) is 0. The van der Waals surface area contributed by atoms with Gasteiger partial charge in [-0.05, 0) is 74.9 Å². The van der Waals surface area contributed by atoms with Gasteiger partial charge >= 0.3 is 0 Å². The molecule has 3 rings (SSSR count). The largest absolute Gasteiger partial charge is 0.302 e. The van der Waals surface area contributed by atoms with E-state index in [2.05, 4.69) is 0 Å².